The molecule has 0 saturated heterocycles. The van der Waals surface area contributed by atoms with Gasteiger partial charge in [-0.1, -0.05) is 29.3 Å². The summed E-state index contributed by atoms with van der Waals surface area (Å²) in [5.41, 5.74) is 2.13. The van der Waals surface area contributed by atoms with E-state index in [-0.39, 0.29) is 11.9 Å². The molecule has 0 saturated carbocycles. The molecule has 1 amide bonds. The van der Waals surface area contributed by atoms with E-state index in [1.54, 1.807) is 62.6 Å². The molecular weight excluding hydrogens is 517 g/mol. The number of nitrogens with one attached hydrogen (secondary N) is 1. The van der Waals surface area contributed by atoms with Crippen molar-refractivity contribution in [3.05, 3.63) is 81.3 Å². The lowest BCUT2D eigenvalue weighted by atomic mass is 9.93. The van der Waals surface area contributed by atoms with Gasteiger partial charge in [0.2, 0.25) is 0 Å². The molecule has 0 bridgehead atoms. The first kappa shape index (κ1) is 26.6. The fraction of sp³-hybridized carbons (Fsp3) is 0.286. The summed E-state index contributed by atoms with van der Waals surface area (Å²) >= 11 is 12.5. The fourth-order valence-electron chi connectivity index (χ4n) is 4.09. The molecule has 194 valence electrons. The minimum atomic E-state index is -0.422. The summed E-state index contributed by atoms with van der Waals surface area (Å²) in [4.78, 5) is 24.9. The molecule has 1 aliphatic heterocycles. The molecule has 1 aliphatic rings. The SMILES string of the molecule is CCOC(=O)C1CCOc2cc(Oc3ccc(C(=O)NCCc4ccc(Cl)cc4OC)cc3)c(Cl)cc21. The zero-order valence-electron chi connectivity index (χ0n) is 20.5. The number of rotatable bonds is 9. The van der Waals surface area contributed by atoms with Crippen molar-refractivity contribution in [1.29, 1.82) is 0 Å². The Hall–Kier alpha value is -3.42. The standard InChI is InChI=1S/C28H27Cl2NO6/c1-3-35-28(33)21-11-13-36-25-16-26(23(30)15-22(21)25)37-20-8-5-18(6-9-20)27(32)31-12-10-17-4-7-19(29)14-24(17)34-2/h4-9,14-16,21H,3,10-13H2,1-2H3,(H,31,32). The van der Waals surface area contributed by atoms with E-state index in [1.807, 2.05) is 6.07 Å². The van der Waals surface area contributed by atoms with Gasteiger partial charge in [-0.15, -0.1) is 0 Å². The third-order valence-corrected chi connectivity index (χ3v) is 6.48. The lowest BCUT2D eigenvalue weighted by Gasteiger charge is -2.25. The number of methoxy groups -OCH3 is 1. The lowest BCUT2D eigenvalue weighted by molar-refractivity contribution is -0.145. The van der Waals surface area contributed by atoms with Crippen LogP contribution in [0.4, 0.5) is 0 Å². The number of halogens is 2. The average molecular weight is 544 g/mol. The van der Waals surface area contributed by atoms with E-state index in [0.717, 1.165) is 5.56 Å². The van der Waals surface area contributed by atoms with Crippen molar-refractivity contribution in [2.75, 3.05) is 26.9 Å². The van der Waals surface area contributed by atoms with Crippen molar-refractivity contribution in [3.8, 4) is 23.0 Å². The highest BCUT2D eigenvalue weighted by atomic mass is 35.5. The maximum atomic E-state index is 12.6. The highest BCUT2D eigenvalue weighted by Gasteiger charge is 2.30. The Labute approximate surface area is 225 Å². The van der Waals surface area contributed by atoms with Crippen LogP contribution in [0.5, 0.6) is 23.0 Å². The number of esters is 1. The van der Waals surface area contributed by atoms with Crippen molar-refractivity contribution in [2.24, 2.45) is 0 Å². The molecule has 9 heteroatoms. The van der Waals surface area contributed by atoms with Crippen LogP contribution in [-0.2, 0) is 16.0 Å². The molecule has 1 N–H and O–H groups in total. The van der Waals surface area contributed by atoms with Gasteiger partial charge >= 0.3 is 5.97 Å². The van der Waals surface area contributed by atoms with Gasteiger partial charge in [0.05, 0.1) is 31.3 Å². The van der Waals surface area contributed by atoms with Gasteiger partial charge in [-0.25, -0.2) is 0 Å². The first-order chi connectivity index (χ1) is 17.9. The van der Waals surface area contributed by atoms with Gasteiger partial charge in [-0.3, -0.25) is 9.59 Å². The zero-order chi connectivity index (χ0) is 26.4. The van der Waals surface area contributed by atoms with Crippen LogP contribution in [0.1, 0.15) is 40.7 Å². The Kier molecular flexibility index (Phi) is 8.79. The zero-order valence-corrected chi connectivity index (χ0v) is 22.0. The maximum Gasteiger partial charge on any atom is 0.313 e. The van der Waals surface area contributed by atoms with E-state index in [4.69, 9.17) is 42.1 Å². The second-order valence-electron chi connectivity index (χ2n) is 8.35. The van der Waals surface area contributed by atoms with Crippen LogP contribution in [0.2, 0.25) is 10.0 Å². The number of amides is 1. The Morgan fingerprint density at radius 3 is 2.57 bits per heavy atom. The second kappa shape index (κ2) is 12.2. The van der Waals surface area contributed by atoms with E-state index in [2.05, 4.69) is 5.32 Å². The molecule has 3 aromatic carbocycles. The van der Waals surface area contributed by atoms with Crippen LogP contribution in [-0.4, -0.2) is 38.7 Å². The van der Waals surface area contributed by atoms with Crippen molar-refractivity contribution in [3.63, 3.8) is 0 Å². The van der Waals surface area contributed by atoms with E-state index in [0.29, 0.717) is 76.8 Å². The first-order valence-electron chi connectivity index (χ1n) is 11.9. The second-order valence-corrected chi connectivity index (χ2v) is 9.19. The van der Waals surface area contributed by atoms with E-state index in [1.165, 1.54) is 0 Å². The van der Waals surface area contributed by atoms with Crippen molar-refractivity contribution < 1.29 is 28.5 Å². The molecule has 1 heterocycles. The largest absolute Gasteiger partial charge is 0.496 e. The minimum absolute atomic E-state index is 0.204. The number of ether oxygens (including phenoxy) is 4. The monoisotopic (exact) mass is 543 g/mol. The van der Waals surface area contributed by atoms with Crippen LogP contribution in [0.25, 0.3) is 0 Å². The first-order valence-corrected chi connectivity index (χ1v) is 12.7. The summed E-state index contributed by atoms with van der Waals surface area (Å²) in [5.74, 6) is 1.19. The Morgan fingerprint density at radius 1 is 1.05 bits per heavy atom. The fourth-order valence-corrected chi connectivity index (χ4v) is 4.47. The van der Waals surface area contributed by atoms with Gasteiger partial charge in [-0.2, -0.15) is 0 Å². The molecule has 4 rings (SSSR count). The summed E-state index contributed by atoms with van der Waals surface area (Å²) in [6.45, 7) is 2.92. The predicted octanol–water partition coefficient (Wildman–Crippen LogP) is 6.20. The van der Waals surface area contributed by atoms with Gasteiger partial charge in [0.1, 0.15) is 23.0 Å². The molecule has 1 unspecified atom stereocenters. The molecule has 37 heavy (non-hydrogen) atoms. The highest BCUT2D eigenvalue weighted by molar-refractivity contribution is 6.32. The van der Waals surface area contributed by atoms with Gasteiger partial charge in [-0.05, 0) is 67.8 Å². The molecular formula is C28H27Cl2NO6. The summed E-state index contributed by atoms with van der Waals surface area (Å²) in [5, 5.41) is 3.84. The van der Waals surface area contributed by atoms with Crippen LogP contribution in [0.15, 0.2) is 54.6 Å². The van der Waals surface area contributed by atoms with Crippen molar-refractivity contribution >= 4 is 35.1 Å². The van der Waals surface area contributed by atoms with Gasteiger partial charge in [0.25, 0.3) is 5.91 Å². The molecule has 0 fully saturated rings. The maximum absolute atomic E-state index is 12.6. The number of carbonyl (C=O) groups is 2. The number of carbonyl (C=O) groups excluding carboxylic acids is 2. The average Bonchev–Trinajstić information content (AvgIpc) is 2.90. The normalized spacial score (nSPS) is 14.2. The third-order valence-electron chi connectivity index (χ3n) is 5.95. The Bertz CT molecular complexity index is 1280. The number of hydrogen-bond donors (Lipinski definition) is 1. The summed E-state index contributed by atoms with van der Waals surface area (Å²) in [6, 6.07) is 15.5. The van der Waals surface area contributed by atoms with Crippen molar-refractivity contribution in [1.82, 2.24) is 5.32 Å². The lowest BCUT2D eigenvalue weighted by Crippen LogP contribution is -2.25. The Balaban J connectivity index is 1.38. The number of benzene rings is 3. The van der Waals surface area contributed by atoms with Gasteiger partial charge in [0, 0.05) is 28.8 Å². The number of fused-ring (bicyclic) bond motifs is 1. The van der Waals surface area contributed by atoms with Crippen LogP contribution in [0, 0.1) is 0 Å². The van der Waals surface area contributed by atoms with E-state index in [9.17, 15) is 9.59 Å². The summed E-state index contributed by atoms with van der Waals surface area (Å²) in [7, 11) is 1.59. The molecule has 7 nitrogen and oxygen atoms in total. The molecule has 0 radical (unpaired) electrons. The molecule has 1 atom stereocenters. The predicted molar refractivity (Wildman–Crippen MR) is 141 cm³/mol. The van der Waals surface area contributed by atoms with E-state index < -0.39 is 5.92 Å². The molecule has 3 aromatic rings. The molecule has 0 aromatic heterocycles. The van der Waals surface area contributed by atoms with Crippen molar-refractivity contribution in [2.45, 2.75) is 25.7 Å². The summed E-state index contributed by atoms with van der Waals surface area (Å²) in [6.07, 6.45) is 1.13. The van der Waals surface area contributed by atoms with Crippen LogP contribution in [0.3, 0.4) is 0 Å². The Morgan fingerprint density at radius 2 is 1.84 bits per heavy atom. The smallest absolute Gasteiger partial charge is 0.313 e. The van der Waals surface area contributed by atoms with Gasteiger partial charge in [0.15, 0.2) is 0 Å². The van der Waals surface area contributed by atoms with Crippen LogP contribution < -0.4 is 19.5 Å². The quantitative estimate of drug-likeness (QED) is 0.323. The molecule has 0 spiro atoms. The number of hydrogen-bond acceptors (Lipinski definition) is 6. The highest BCUT2D eigenvalue weighted by Crippen LogP contribution is 2.42. The van der Waals surface area contributed by atoms with E-state index >= 15 is 0 Å². The molecule has 0 aliphatic carbocycles. The third kappa shape index (κ3) is 6.48. The van der Waals surface area contributed by atoms with Gasteiger partial charge < -0.3 is 24.3 Å². The minimum Gasteiger partial charge on any atom is -0.496 e. The van der Waals surface area contributed by atoms with Crippen LogP contribution >= 0.6 is 23.2 Å². The topological polar surface area (TPSA) is 83.1 Å². The summed E-state index contributed by atoms with van der Waals surface area (Å²) < 4.78 is 22.2.